The molecule has 648 valence electrons. The Morgan fingerprint density at radius 2 is 0.794 bits per heavy atom. The van der Waals surface area contributed by atoms with Crippen LogP contribution >= 0.6 is 58.0 Å². The third-order valence-corrected chi connectivity index (χ3v) is 19.9. The van der Waals surface area contributed by atoms with Crippen molar-refractivity contribution in [3.05, 3.63) is 273 Å². The first-order valence-corrected chi connectivity index (χ1v) is 39.0. The Morgan fingerprint density at radius 1 is 0.452 bits per heavy atom. The van der Waals surface area contributed by atoms with Crippen molar-refractivity contribution in [1.29, 1.82) is 0 Å². The fraction of sp³-hybridized carbons (Fsp3) is 0.193. The molecule has 3 aliphatic heterocycles. The van der Waals surface area contributed by atoms with Crippen LogP contribution in [0.15, 0.2) is 177 Å². The molecule has 5 aromatic heterocycles. The van der Waals surface area contributed by atoms with E-state index in [4.69, 9.17) is 100 Å². The standard InChI is InChI=1S/C25H26ClFN4O3.C18H14ClFN4O4.C18H16ClFN4O2.C14H7ClF2N4O2.C8H3ClFN3O2/c1-31(2)8-3-4-18(32)10-16-11-20-23(13-24(16)34-19-7-9-33-14-19)28-15-29-25(20)30-17-5-6-22(27)21(26)12-17;19-13-5-10(1-2-14(13)20)23-18-12-6-16(24(25)26)17(7-15(12)21-9-22-18)28-11-3-4-27-8-11;19-13-5-10(1-2-14(13)20)24-18-12-6-15(21)17(7-16(12)22-9-23-18)26-11-3-4-25-8-11;15-9-3-7(1-2-10(9)16)20-14-8-4-13(21(22)23)11(17)5-12(8)18-6-19-14;9-8-4-1-7(13(14)15)5(10)2-6(4)11-3-12-8/h3-6,11-13,15,19H,7-10,14H2,1-2H3,(H,28,29,30);1-2,5-7,9,11H,3-4,8H2,(H,21,22,23);1-2,5-7,9,11H,3-4,8,21H2,(H,22,23,24);1-6H,(H,18,19,20);1-3H/b4-3+;;;;/i1D3,2D3;;;;. The lowest BCUT2D eigenvalue weighted by Gasteiger charge is -2.17. The number of hydrogen-bond donors (Lipinski definition) is 5. The number of ketones is 1. The van der Waals surface area contributed by atoms with E-state index >= 15 is 0 Å². The van der Waals surface area contributed by atoms with Crippen molar-refractivity contribution in [3.8, 4) is 17.2 Å². The first-order valence-electron chi connectivity index (χ1n) is 40.1. The van der Waals surface area contributed by atoms with Crippen LogP contribution in [0.3, 0.4) is 0 Å². The summed E-state index contributed by atoms with van der Waals surface area (Å²) in [5.41, 5.74) is 9.72. The molecule has 0 saturated carbocycles. The van der Waals surface area contributed by atoms with Gasteiger partial charge in [-0.15, -0.1) is 0 Å². The second kappa shape index (κ2) is 41.4. The average molecular weight is 1830 g/mol. The molecule has 3 atom stereocenters. The van der Waals surface area contributed by atoms with Gasteiger partial charge < -0.3 is 60.3 Å². The quantitative estimate of drug-likeness (QED) is 0.0105. The molecule has 8 heterocycles. The van der Waals surface area contributed by atoms with E-state index in [2.05, 4.69) is 71.1 Å². The summed E-state index contributed by atoms with van der Waals surface area (Å²) in [6, 6.07) is 30.3. The Balaban J connectivity index is 0.000000145. The number of hydrogen-bond acceptors (Lipinski definition) is 29. The van der Waals surface area contributed by atoms with Crippen LogP contribution in [-0.2, 0) is 25.4 Å². The number of halogens is 11. The van der Waals surface area contributed by atoms with Crippen molar-refractivity contribution in [2.24, 2.45) is 0 Å². The molecule has 3 saturated heterocycles. The highest BCUT2D eigenvalue weighted by Crippen LogP contribution is 2.40. The van der Waals surface area contributed by atoms with Crippen molar-refractivity contribution >= 4 is 187 Å². The number of aromatic nitrogens is 10. The second-order valence-electron chi connectivity index (χ2n) is 27.2. The lowest BCUT2D eigenvalue weighted by Crippen LogP contribution is -2.17. The number of benzene rings is 9. The zero-order valence-corrected chi connectivity index (χ0v) is 68.3. The molecule has 17 rings (SSSR count). The number of carbonyl (C=O) groups excluding carboxylic acids is 1. The first kappa shape index (κ1) is 82.2. The van der Waals surface area contributed by atoms with Gasteiger partial charge in [0.15, 0.2) is 11.5 Å². The van der Waals surface area contributed by atoms with Crippen LogP contribution in [0.4, 0.5) is 95.1 Å². The molecule has 3 fully saturated rings. The molecule has 126 heavy (non-hydrogen) atoms. The van der Waals surface area contributed by atoms with Gasteiger partial charge in [0.2, 0.25) is 11.6 Å². The zero-order valence-electron chi connectivity index (χ0n) is 70.6. The zero-order chi connectivity index (χ0) is 94.4. The Hall–Kier alpha value is -13.4. The number of nitrogens with zero attached hydrogens (tertiary/aromatic N) is 14. The lowest BCUT2D eigenvalue weighted by atomic mass is 10.0. The molecule has 14 aromatic rings. The van der Waals surface area contributed by atoms with E-state index in [1.54, 1.807) is 30.3 Å². The minimum atomic E-state index is -2.86. The summed E-state index contributed by atoms with van der Waals surface area (Å²) in [6.07, 6.45) is 10.4. The maximum atomic E-state index is 13.6. The second-order valence-corrected chi connectivity index (χ2v) is 29.2. The molecule has 3 unspecified atom stereocenters. The van der Waals surface area contributed by atoms with Crippen molar-refractivity contribution in [2.45, 2.75) is 44.0 Å². The maximum Gasteiger partial charge on any atom is 0.311 e. The smallest absolute Gasteiger partial charge is 0.311 e. The van der Waals surface area contributed by atoms with Gasteiger partial charge in [-0.3, -0.25) is 35.1 Å². The molecular weight excluding hydrogens is 1760 g/mol. The molecule has 0 bridgehead atoms. The van der Waals surface area contributed by atoms with E-state index in [1.165, 1.54) is 104 Å². The lowest BCUT2D eigenvalue weighted by molar-refractivity contribution is -0.387. The van der Waals surface area contributed by atoms with Gasteiger partial charge in [0.05, 0.1) is 119 Å². The highest BCUT2D eigenvalue weighted by molar-refractivity contribution is 6.34. The third-order valence-electron chi connectivity index (χ3n) is 18.5. The van der Waals surface area contributed by atoms with Gasteiger partial charge in [0, 0.05) is 133 Å². The van der Waals surface area contributed by atoms with Crippen molar-refractivity contribution in [3.63, 3.8) is 0 Å². The van der Waals surface area contributed by atoms with E-state index in [1.807, 2.05) is 0 Å². The third kappa shape index (κ3) is 23.1. The van der Waals surface area contributed by atoms with Gasteiger partial charge in [0.25, 0.3) is 0 Å². The number of likely N-dealkylation sites (N-methyl/N-ethyl adjacent to an activating group) is 1. The largest absolute Gasteiger partial charge is 0.488 e. The Morgan fingerprint density at radius 3 is 1.18 bits per heavy atom. The van der Waals surface area contributed by atoms with E-state index in [0.29, 0.717) is 148 Å². The van der Waals surface area contributed by atoms with Gasteiger partial charge in [0.1, 0.15) is 113 Å². The number of nitro groups is 3. The number of nitrogens with two attached hydrogens (primary N) is 1. The van der Waals surface area contributed by atoms with Crippen molar-refractivity contribution in [1.82, 2.24) is 54.7 Å². The summed E-state index contributed by atoms with van der Waals surface area (Å²) in [4.78, 5) is 84.7. The number of nitrogens with one attached hydrogen (secondary N) is 4. The van der Waals surface area contributed by atoms with Gasteiger partial charge in [-0.1, -0.05) is 64.1 Å². The molecule has 0 amide bonds. The number of rotatable bonds is 22. The Kier molecular flexibility index (Phi) is 27.0. The Bertz CT molecular complexity index is 6740. The molecule has 0 aliphatic carbocycles. The van der Waals surface area contributed by atoms with Crippen molar-refractivity contribution in [2.75, 3.05) is 87.1 Å². The number of anilines is 9. The fourth-order valence-corrected chi connectivity index (χ4v) is 13.3. The molecule has 6 N–H and O–H groups in total. The number of nitro benzene ring substituents is 3. The number of allylic oxidation sites excluding steroid dienone is 1. The number of ether oxygens (including phenoxy) is 6. The normalized spacial score (nSPS) is 15.5. The topological polar surface area (TPSA) is 408 Å². The molecule has 0 radical (unpaired) electrons. The summed E-state index contributed by atoms with van der Waals surface area (Å²) in [5.74, 6) is -1.92. The van der Waals surface area contributed by atoms with E-state index < -0.39 is 87.3 Å². The summed E-state index contributed by atoms with van der Waals surface area (Å²) in [5, 5.41) is 47.0. The first-order chi connectivity index (χ1) is 63.0. The van der Waals surface area contributed by atoms with Crippen LogP contribution in [0.1, 0.15) is 33.1 Å². The van der Waals surface area contributed by atoms with Gasteiger partial charge >= 0.3 is 17.1 Å². The van der Waals surface area contributed by atoms with Gasteiger partial charge in [-0.05, 0) is 105 Å². The number of carbonyl (C=O) groups is 1. The van der Waals surface area contributed by atoms with Crippen LogP contribution in [0.25, 0.3) is 54.5 Å². The van der Waals surface area contributed by atoms with Crippen LogP contribution < -0.4 is 41.2 Å². The van der Waals surface area contributed by atoms with Crippen LogP contribution in [0, 0.1) is 65.2 Å². The van der Waals surface area contributed by atoms with Gasteiger partial charge in [-0.25, -0.2) is 67.4 Å². The highest BCUT2D eigenvalue weighted by Gasteiger charge is 2.28. The summed E-state index contributed by atoms with van der Waals surface area (Å²) < 4.78 is 159. The van der Waals surface area contributed by atoms with Crippen molar-refractivity contribution < 1.29 is 82.6 Å². The molecule has 43 heteroatoms. The molecule has 32 nitrogen and oxygen atoms in total. The monoisotopic (exact) mass is 1830 g/mol. The molecular formula is C83H66Cl5F6N19O13. The summed E-state index contributed by atoms with van der Waals surface area (Å²) in [7, 11) is 0. The van der Waals surface area contributed by atoms with E-state index in [0.717, 1.165) is 54.5 Å². The van der Waals surface area contributed by atoms with Crippen LogP contribution in [0.5, 0.6) is 17.2 Å². The Labute approximate surface area is 742 Å². The molecule has 9 aromatic carbocycles. The summed E-state index contributed by atoms with van der Waals surface area (Å²) >= 11 is 28.9. The molecule has 3 aliphatic rings. The molecule has 0 spiro atoms. The summed E-state index contributed by atoms with van der Waals surface area (Å²) in [6.45, 7) is -3.06. The number of nitrogen functional groups attached to an aromatic ring is 1. The van der Waals surface area contributed by atoms with Crippen LogP contribution in [0.2, 0.25) is 25.2 Å². The highest BCUT2D eigenvalue weighted by atomic mass is 35.5. The van der Waals surface area contributed by atoms with E-state index in [9.17, 15) is 61.5 Å². The minimum absolute atomic E-state index is 0.00413. The van der Waals surface area contributed by atoms with E-state index in [-0.39, 0.29) is 89.0 Å². The predicted octanol–water partition coefficient (Wildman–Crippen LogP) is 19.3. The predicted molar refractivity (Wildman–Crippen MR) is 462 cm³/mol. The number of fused-ring (bicyclic) bond motifs is 5. The SMILES string of the molecule is Nc1cc2c(Nc3ccc(F)c(Cl)c3)ncnc2cc1OC1CCOC1.O=[N+]([O-])c1cc2c(Cl)ncnc2cc1F.O=[N+]([O-])c1cc2c(Nc3ccc(F)c(Cl)c3)ncnc2cc1F.O=[N+]([O-])c1cc2c(Nc3ccc(F)c(Cl)c3)ncnc2cc1OC1CCOC1.[2H]C([2H])([2H])N(C/C=C/C(=O)Cc1cc2c(Nc3ccc(F)c(Cl)c3)ncnc2cc1OC1CCOC1)C([2H])([2H])[2H]. The fourth-order valence-electron chi connectivity index (χ4n) is 12.4. The average Bonchev–Trinajstić information content (AvgIpc) is 1.04. The minimum Gasteiger partial charge on any atom is -0.488 e. The maximum absolute atomic E-state index is 13.6. The van der Waals surface area contributed by atoms with Gasteiger partial charge in [-0.2, -0.15) is 8.78 Å². The van der Waals surface area contributed by atoms with Crippen LogP contribution in [-0.4, -0.2) is 154 Å².